The van der Waals surface area contributed by atoms with Crippen molar-refractivity contribution in [2.45, 2.75) is 46.7 Å². The maximum absolute atomic E-state index is 13.0. The number of fused-ring (bicyclic) bond motifs is 1. The molecule has 3 aromatic heterocycles. The Morgan fingerprint density at radius 2 is 1.81 bits per heavy atom. The molecule has 0 N–H and O–H groups in total. The predicted molar refractivity (Wildman–Crippen MR) is 116 cm³/mol. The molecule has 0 fully saturated rings. The van der Waals surface area contributed by atoms with Crippen molar-refractivity contribution in [1.29, 1.82) is 0 Å². The molecular weight excluding hydrogens is 390 g/mol. The molecular formula is C24H25N5O2. The normalized spacial score (nSPS) is 13.1. The number of carbonyl (C=O) groups excluding carboxylic acids is 1. The van der Waals surface area contributed by atoms with Crippen LogP contribution in [0.5, 0.6) is 0 Å². The minimum Gasteiger partial charge on any atom is -0.361 e. The van der Waals surface area contributed by atoms with Crippen molar-refractivity contribution in [1.82, 2.24) is 24.4 Å². The van der Waals surface area contributed by atoms with E-state index in [1.807, 2.05) is 48.0 Å². The number of amides is 1. The summed E-state index contributed by atoms with van der Waals surface area (Å²) < 4.78 is 9.28. The summed E-state index contributed by atoms with van der Waals surface area (Å²) in [5.74, 6) is 1.91. The minimum atomic E-state index is 0.123. The Bertz CT molecular complexity index is 1210. The maximum Gasteiger partial charge on any atom is 0.223 e. The lowest BCUT2D eigenvalue weighted by Gasteiger charge is -2.17. The number of aromatic nitrogens is 4. The summed E-state index contributed by atoms with van der Waals surface area (Å²) in [6, 6.07) is 12.3. The van der Waals surface area contributed by atoms with Crippen LogP contribution in [-0.2, 0) is 24.3 Å². The zero-order chi connectivity index (χ0) is 21.5. The number of hydrogen-bond acceptors (Lipinski definition) is 4. The lowest BCUT2D eigenvalue weighted by Crippen LogP contribution is -2.26. The van der Waals surface area contributed by atoms with E-state index in [1.54, 1.807) is 0 Å². The molecule has 1 aromatic carbocycles. The van der Waals surface area contributed by atoms with E-state index in [9.17, 15) is 4.79 Å². The average molecular weight is 415 g/mol. The van der Waals surface area contributed by atoms with Crippen LogP contribution in [0.3, 0.4) is 0 Å². The predicted octanol–water partition coefficient (Wildman–Crippen LogP) is 4.05. The van der Waals surface area contributed by atoms with Crippen molar-refractivity contribution in [3.63, 3.8) is 0 Å². The van der Waals surface area contributed by atoms with Crippen molar-refractivity contribution in [2.24, 2.45) is 0 Å². The first-order valence-corrected chi connectivity index (χ1v) is 10.5. The Hall–Kier alpha value is -3.61. The van der Waals surface area contributed by atoms with Gasteiger partial charge in [0.25, 0.3) is 0 Å². The molecule has 0 spiro atoms. The first kappa shape index (κ1) is 19.4. The summed E-state index contributed by atoms with van der Waals surface area (Å²) >= 11 is 0. The van der Waals surface area contributed by atoms with Gasteiger partial charge in [0, 0.05) is 29.9 Å². The van der Waals surface area contributed by atoms with Gasteiger partial charge in [-0.25, -0.2) is 4.68 Å². The van der Waals surface area contributed by atoms with E-state index < -0.39 is 0 Å². The third kappa shape index (κ3) is 3.46. The van der Waals surface area contributed by atoms with Gasteiger partial charge in [0.15, 0.2) is 0 Å². The molecule has 0 aliphatic carbocycles. The van der Waals surface area contributed by atoms with Crippen LogP contribution in [0, 0.1) is 20.8 Å². The Morgan fingerprint density at radius 3 is 2.48 bits per heavy atom. The number of hydrogen-bond donors (Lipinski definition) is 0. The Morgan fingerprint density at radius 1 is 1.06 bits per heavy atom. The molecule has 1 amide bonds. The molecule has 0 saturated heterocycles. The van der Waals surface area contributed by atoms with E-state index in [-0.39, 0.29) is 5.91 Å². The van der Waals surface area contributed by atoms with E-state index in [0.29, 0.717) is 25.9 Å². The second-order valence-corrected chi connectivity index (χ2v) is 8.14. The van der Waals surface area contributed by atoms with Crippen LogP contribution < -0.4 is 0 Å². The molecule has 158 valence electrons. The Balaban J connectivity index is 1.40. The third-order valence-corrected chi connectivity index (χ3v) is 5.98. The highest BCUT2D eigenvalue weighted by atomic mass is 16.5. The van der Waals surface area contributed by atoms with Gasteiger partial charge in [0.2, 0.25) is 5.91 Å². The molecule has 7 heteroatoms. The van der Waals surface area contributed by atoms with Crippen LogP contribution >= 0.6 is 0 Å². The highest BCUT2D eigenvalue weighted by molar-refractivity contribution is 5.77. The molecule has 0 bridgehead atoms. The molecule has 0 atom stereocenters. The van der Waals surface area contributed by atoms with Crippen LogP contribution in [0.2, 0.25) is 0 Å². The molecule has 5 rings (SSSR count). The summed E-state index contributed by atoms with van der Waals surface area (Å²) in [5, 5.41) is 8.88. The van der Waals surface area contributed by atoms with Crippen molar-refractivity contribution >= 4 is 5.91 Å². The molecule has 0 unspecified atom stereocenters. The topological polar surface area (TPSA) is 69.1 Å². The molecule has 1 aliphatic heterocycles. The molecule has 7 nitrogen and oxygen atoms in total. The second-order valence-electron chi connectivity index (χ2n) is 8.14. The van der Waals surface area contributed by atoms with Crippen molar-refractivity contribution in [2.75, 3.05) is 0 Å². The zero-order valence-electron chi connectivity index (χ0n) is 18.0. The second kappa shape index (κ2) is 7.58. The molecule has 31 heavy (non-hydrogen) atoms. The molecule has 0 radical (unpaired) electrons. The average Bonchev–Trinajstić information content (AvgIpc) is 3.52. The highest BCUT2D eigenvalue weighted by Crippen LogP contribution is 2.31. The van der Waals surface area contributed by atoms with Gasteiger partial charge in [-0.15, -0.1) is 0 Å². The summed E-state index contributed by atoms with van der Waals surface area (Å²) in [5.41, 5.74) is 6.17. The van der Waals surface area contributed by atoms with Crippen molar-refractivity contribution < 1.29 is 9.32 Å². The largest absolute Gasteiger partial charge is 0.361 e. The van der Waals surface area contributed by atoms with E-state index in [2.05, 4.69) is 40.9 Å². The number of carbonyl (C=O) groups is 1. The minimum absolute atomic E-state index is 0.123. The van der Waals surface area contributed by atoms with Crippen molar-refractivity contribution in [3.8, 4) is 11.5 Å². The fourth-order valence-electron chi connectivity index (χ4n) is 4.23. The lowest BCUT2D eigenvalue weighted by atomic mass is 10.1. The number of rotatable bonds is 5. The lowest BCUT2D eigenvalue weighted by molar-refractivity contribution is -0.131. The fourth-order valence-corrected chi connectivity index (χ4v) is 4.23. The zero-order valence-corrected chi connectivity index (χ0v) is 18.0. The Labute approximate surface area is 180 Å². The first-order chi connectivity index (χ1) is 15.0. The van der Waals surface area contributed by atoms with Crippen LogP contribution in [-0.4, -0.2) is 30.3 Å². The van der Waals surface area contributed by atoms with Crippen LogP contribution in [0.25, 0.3) is 11.5 Å². The number of nitrogens with zero attached hydrogens (tertiary/aromatic N) is 5. The summed E-state index contributed by atoms with van der Waals surface area (Å²) in [4.78, 5) is 14.8. The van der Waals surface area contributed by atoms with Gasteiger partial charge >= 0.3 is 0 Å². The van der Waals surface area contributed by atoms with Gasteiger partial charge in [0.1, 0.15) is 11.6 Å². The third-order valence-electron chi connectivity index (χ3n) is 5.98. The standard InChI is InChI=1S/C24H25N5O2/c1-16-6-8-19(9-7-16)29-24(27-12-4-5-13-27)21-14-28(15-22(21)25-29)23(30)11-10-20-17(2)26-31-18(20)3/h4-9,12-13H,10-11,14-15H2,1-3H3. The number of benzene rings is 1. The van der Waals surface area contributed by atoms with E-state index in [0.717, 1.165) is 39.8 Å². The highest BCUT2D eigenvalue weighted by Gasteiger charge is 2.31. The summed E-state index contributed by atoms with van der Waals surface area (Å²) in [6.07, 6.45) is 5.11. The van der Waals surface area contributed by atoms with Gasteiger partial charge in [-0.05, 0) is 51.5 Å². The van der Waals surface area contributed by atoms with Gasteiger partial charge in [-0.3, -0.25) is 4.79 Å². The smallest absolute Gasteiger partial charge is 0.223 e. The quantitative estimate of drug-likeness (QED) is 0.493. The van der Waals surface area contributed by atoms with Gasteiger partial charge in [0.05, 0.1) is 30.2 Å². The van der Waals surface area contributed by atoms with Gasteiger partial charge in [-0.1, -0.05) is 22.9 Å². The number of aryl methyl sites for hydroxylation is 3. The van der Waals surface area contributed by atoms with E-state index >= 15 is 0 Å². The summed E-state index contributed by atoms with van der Waals surface area (Å²) in [6.45, 7) is 6.98. The van der Waals surface area contributed by atoms with Gasteiger partial charge < -0.3 is 14.0 Å². The van der Waals surface area contributed by atoms with E-state index in [1.165, 1.54) is 5.56 Å². The van der Waals surface area contributed by atoms with Crippen LogP contribution in [0.15, 0.2) is 53.3 Å². The first-order valence-electron chi connectivity index (χ1n) is 10.5. The van der Waals surface area contributed by atoms with Gasteiger partial charge in [-0.2, -0.15) is 5.10 Å². The SMILES string of the molecule is Cc1ccc(-n2nc3c(c2-n2cccc2)CN(C(=O)CCc2c(C)noc2C)C3)cc1. The maximum atomic E-state index is 13.0. The van der Waals surface area contributed by atoms with Crippen LogP contribution in [0.1, 0.15) is 40.3 Å². The molecule has 4 aromatic rings. The van der Waals surface area contributed by atoms with Crippen molar-refractivity contribution in [3.05, 3.63) is 82.6 Å². The monoisotopic (exact) mass is 415 g/mol. The molecule has 0 saturated carbocycles. The summed E-state index contributed by atoms with van der Waals surface area (Å²) in [7, 11) is 0. The van der Waals surface area contributed by atoms with Crippen LogP contribution in [0.4, 0.5) is 0 Å². The Kier molecular flexibility index (Phi) is 4.73. The molecule has 4 heterocycles. The van der Waals surface area contributed by atoms with E-state index in [4.69, 9.17) is 9.62 Å². The molecule has 1 aliphatic rings. The fraction of sp³-hybridized carbons (Fsp3) is 0.292.